The van der Waals surface area contributed by atoms with Gasteiger partial charge >= 0.3 is 0 Å². The topological polar surface area (TPSA) is 69.1 Å². The molecule has 3 N–H and O–H groups in total. The number of hydrogen-bond donors (Lipinski definition) is 3. The molecule has 1 unspecified atom stereocenters. The molecule has 7 heteroatoms. The van der Waals surface area contributed by atoms with E-state index in [4.69, 9.17) is 4.74 Å². The molecule has 2 aromatic rings. The van der Waals surface area contributed by atoms with Gasteiger partial charge in [-0.05, 0) is 69.0 Å². The number of benzene rings is 2. The fourth-order valence-corrected chi connectivity index (χ4v) is 4.04. The van der Waals surface area contributed by atoms with E-state index in [1.165, 1.54) is 18.4 Å². The molecule has 182 valence electrons. The molecule has 1 fully saturated rings. The van der Waals surface area contributed by atoms with Gasteiger partial charge in [0.05, 0.1) is 13.7 Å². The maximum atomic E-state index is 10.8. The lowest BCUT2D eigenvalue weighted by molar-refractivity contribution is 0.0672. The minimum Gasteiger partial charge on any atom is -0.497 e. The maximum absolute atomic E-state index is 10.8. The monoisotopic (exact) mass is 566 g/mol. The number of hydrogen-bond acceptors (Lipinski definition) is 4. The van der Waals surface area contributed by atoms with Crippen molar-refractivity contribution in [3.63, 3.8) is 0 Å². The van der Waals surface area contributed by atoms with E-state index < -0.39 is 5.60 Å². The van der Waals surface area contributed by atoms with Gasteiger partial charge in [0.2, 0.25) is 0 Å². The molecule has 0 bridgehead atoms. The number of nitrogens with zero attached hydrogens (tertiary/aromatic N) is 2. The van der Waals surface area contributed by atoms with Crippen molar-refractivity contribution in [2.45, 2.75) is 38.8 Å². The van der Waals surface area contributed by atoms with Crippen molar-refractivity contribution in [3.05, 3.63) is 65.7 Å². The van der Waals surface area contributed by atoms with Crippen molar-refractivity contribution >= 4 is 29.9 Å². The van der Waals surface area contributed by atoms with Gasteiger partial charge < -0.3 is 20.5 Å². The number of likely N-dealkylation sites (tertiary alicyclic amines) is 1. The molecular weight excluding hydrogens is 527 g/mol. The fraction of sp³-hybridized carbons (Fsp3) is 0.500. The summed E-state index contributed by atoms with van der Waals surface area (Å²) in [6.45, 7) is 9.08. The molecule has 0 amide bonds. The van der Waals surface area contributed by atoms with Gasteiger partial charge in [0.1, 0.15) is 11.4 Å². The summed E-state index contributed by atoms with van der Waals surface area (Å²) >= 11 is 0. The molecule has 33 heavy (non-hydrogen) atoms. The highest BCUT2D eigenvalue weighted by Gasteiger charge is 2.23. The molecule has 0 aromatic heterocycles. The summed E-state index contributed by atoms with van der Waals surface area (Å²) in [6, 6.07) is 18.1. The standard InChI is InChI=1S/C26H38N4O2.HI/c1-4-27-25(29-20-26(2,31)23-8-6-5-7-9-23)28-18-21-14-16-30(17-15-21)19-22-10-12-24(32-3)13-11-22;/h5-13,21,31H,4,14-20H2,1-3H3,(H2,27,28,29);1H. The van der Waals surface area contributed by atoms with Gasteiger partial charge in [0.25, 0.3) is 0 Å². The first kappa shape index (κ1) is 27.4. The summed E-state index contributed by atoms with van der Waals surface area (Å²) in [5.74, 6) is 2.30. The third-order valence-electron chi connectivity index (χ3n) is 6.12. The summed E-state index contributed by atoms with van der Waals surface area (Å²) in [4.78, 5) is 7.18. The molecular formula is C26H39IN4O2. The summed E-state index contributed by atoms with van der Waals surface area (Å²) in [6.07, 6.45) is 2.34. The first-order valence-electron chi connectivity index (χ1n) is 11.7. The predicted molar refractivity (Wildman–Crippen MR) is 146 cm³/mol. The third kappa shape index (κ3) is 8.79. The smallest absolute Gasteiger partial charge is 0.191 e. The first-order chi connectivity index (χ1) is 15.5. The van der Waals surface area contributed by atoms with Crippen LogP contribution in [0.4, 0.5) is 0 Å². The van der Waals surface area contributed by atoms with Crippen LogP contribution in [0.5, 0.6) is 5.75 Å². The van der Waals surface area contributed by atoms with Crippen molar-refractivity contribution in [2.24, 2.45) is 10.9 Å². The Labute approximate surface area is 215 Å². The quantitative estimate of drug-likeness (QED) is 0.244. The highest BCUT2D eigenvalue weighted by Crippen LogP contribution is 2.21. The number of aliphatic imine (C=N–C) groups is 1. The lowest BCUT2D eigenvalue weighted by Crippen LogP contribution is -2.43. The van der Waals surface area contributed by atoms with Gasteiger partial charge in [-0.25, -0.2) is 4.99 Å². The van der Waals surface area contributed by atoms with Crippen LogP contribution in [0, 0.1) is 5.92 Å². The molecule has 1 atom stereocenters. The summed E-state index contributed by atoms with van der Waals surface area (Å²) in [7, 11) is 1.70. The number of rotatable bonds is 9. The lowest BCUT2D eigenvalue weighted by atomic mass is 9.96. The zero-order valence-corrected chi connectivity index (χ0v) is 22.4. The first-order valence-corrected chi connectivity index (χ1v) is 11.7. The summed E-state index contributed by atoms with van der Waals surface area (Å²) < 4.78 is 5.25. The number of halogens is 1. The number of aliphatic hydroxyl groups is 1. The van der Waals surface area contributed by atoms with Crippen LogP contribution < -0.4 is 15.4 Å². The Hall–Kier alpha value is -1.84. The van der Waals surface area contributed by atoms with Gasteiger partial charge in [0.15, 0.2) is 5.96 Å². The predicted octanol–water partition coefficient (Wildman–Crippen LogP) is 3.99. The van der Waals surface area contributed by atoms with Crippen molar-refractivity contribution in [2.75, 3.05) is 39.8 Å². The van der Waals surface area contributed by atoms with E-state index in [9.17, 15) is 5.11 Å². The molecule has 0 saturated carbocycles. The van der Waals surface area contributed by atoms with Gasteiger partial charge in [-0.1, -0.05) is 42.5 Å². The summed E-state index contributed by atoms with van der Waals surface area (Å²) in [5.41, 5.74) is 1.22. The second-order valence-electron chi connectivity index (χ2n) is 8.78. The van der Waals surface area contributed by atoms with E-state index in [-0.39, 0.29) is 24.0 Å². The van der Waals surface area contributed by atoms with Gasteiger partial charge in [-0.3, -0.25) is 4.90 Å². The van der Waals surface area contributed by atoms with Crippen LogP contribution in [0.25, 0.3) is 0 Å². The van der Waals surface area contributed by atoms with E-state index in [0.717, 1.165) is 50.0 Å². The molecule has 3 rings (SSSR count). The molecule has 1 heterocycles. The average Bonchev–Trinajstić information content (AvgIpc) is 2.83. The number of guanidine groups is 1. The van der Waals surface area contributed by atoms with Crippen molar-refractivity contribution < 1.29 is 9.84 Å². The second kappa shape index (κ2) is 13.8. The van der Waals surface area contributed by atoms with Gasteiger partial charge in [-0.2, -0.15) is 0 Å². The van der Waals surface area contributed by atoms with Crippen molar-refractivity contribution in [1.29, 1.82) is 0 Å². The minimum absolute atomic E-state index is 0. The highest BCUT2D eigenvalue weighted by atomic mass is 127. The Kier molecular flexibility index (Phi) is 11.4. The third-order valence-corrected chi connectivity index (χ3v) is 6.12. The Morgan fingerprint density at radius 3 is 2.36 bits per heavy atom. The van der Waals surface area contributed by atoms with Crippen LogP contribution in [-0.2, 0) is 12.1 Å². The lowest BCUT2D eigenvalue weighted by Gasteiger charge is -2.32. The van der Waals surface area contributed by atoms with E-state index in [1.807, 2.05) is 49.4 Å². The molecule has 0 spiro atoms. The van der Waals surface area contributed by atoms with Crippen molar-refractivity contribution in [1.82, 2.24) is 15.5 Å². The second-order valence-corrected chi connectivity index (χ2v) is 8.78. The molecule has 2 aromatic carbocycles. The van der Waals surface area contributed by atoms with Crippen LogP contribution >= 0.6 is 24.0 Å². The molecule has 0 radical (unpaired) electrons. The Bertz CT molecular complexity index is 835. The van der Waals surface area contributed by atoms with Crippen LogP contribution in [0.3, 0.4) is 0 Å². The van der Waals surface area contributed by atoms with E-state index in [1.54, 1.807) is 7.11 Å². The zero-order chi connectivity index (χ0) is 22.8. The van der Waals surface area contributed by atoms with Crippen LogP contribution in [0.1, 0.15) is 37.8 Å². The van der Waals surface area contributed by atoms with E-state index in [2.05, 4.69) is 39.6 Å². The van der Waals surface area contributed by atoms with Crippen LogP contribution in [0.2, 0.25) is 0 Å². The number of methoxy groups -OCH3 is 1. The molecule has 1 aliphatic heterocycles. The van der Waals surface area contributed by atoms with Crippen LogP contribution in [-0.4, -0.2) is 55.8 Å². The van der Waals surface area contributed by atoms with E-state index >= 15 is 0 Å². The zero-order valence-electron chi connectivity index (χ0n) is 20.1. The number of piperidine rings is 1. The largest absolute Gasteiger partial charge is 0.497 e. The summed E-state index contributed by atoms with van der Waals surface area (Å²) in [5, 5.41) is 17.6. The van der Waals surface area contributed by atoms with E-state index in [0.29, 0.717) is 12.5 Å². The fourth-order valence-electron chi connectivity index (χ4n) is 4.04. The average molecular weight is 567 g/mol. The van der Waals surface area contributed by atoms with Crippen LogP contribution in [0.15, 0.2) is 59.6 Å². The molecule has 1 aliphatic rings. The van der Waals surface area contributed by atoms with Gasteiger partial charge in [0, 0.05) is 19.6 Å². The number of ether oxygens (including phenoxy) is 1. The Morgan fingerprint density at radius 2 is 1.76 bits per heavy atom. The Morgan fingerprint density at radius 1 is 1.09 bits per heavy atom. The Balaban J connectivity index is 0.00000385. The maximum Gasteiger partial charge on any atom is 0.191 e. The normalized spacial score (nSPS) is 17.0. The molecule has 6 nitrogen and oxygen atoms in total. The number of nitrogens with one attached hydrogen (secondary N) is 2. The van der Waals surface area contributed by atoms with Gasteiger partial charge in [-0.15, -0.1) is 24.0 Å². The molecule has 1 saturated heterocycles. The van der Waals surface area contributed by atoms with Crippen molar-refractivity contribution in [3.8, 4) is 5.75 Å². The minimum atomic E-state index is -0.990. The molecule has 0 aliphatic carbocycles. The highest BCUT2D eigenvalue weighted by molar-refractivity contribution is 14.0. The SMILES string of the molecule is CCNC(=NCC(C)(O)c1ccccc1)NCC1CCN(Cc2ccc(OC)cc2)CC1.I.